The molecule has 27 heavy (non-hydrogen) atoms. The van der Waals surface area contributed by atoms with E-state index in [0.29, 0.717) is 30.6 Å². The number of rotatable bonds is 3. The van der Waals surface area contributed by atoms with E-state index in [1.807, 2.05) is 30.3 Å². The number of morpholine rings is 1. The van der Waals surface area contributed by atoms with Gasteiger partial charge in [0, 0.05) is 6.54 Å². The molecular formula is C20H20N4O3. The van der Waals surface area contributed by atoms with Crippen molar-refractivity contribution in [2.24, 2.45) is 0 Å². The van der Waals surface area contributed by atoms with Crippen LogP contribution in [0.2, 0.25) is 0 Å². The molecule has 1 amide bonds. The molecule has 1 aliphatic heterocycles. The van der Waals surface area contributed by atoms with Crippen molar-refractivity contribution in [1.82, 2.24) is 19.9 Å². The molecule has 2 atom stereocenters. The summed E-state index contributed by atoms with van der Waals surface area (Å²) in [6.45, 7) is 3.07. The number of nitrogens with zero attached hydrogens (tertiary/aromatic N) is 4. The average Bonchev–Trinajstić information content (AvgIpc) is 2.74. The van der Waals surface area contributed by atoms with Crippen LogP contribution in [0.5, 0.6) is 0 Å². The number of hydrogen-bond acceptors (Lipinski definition) is 5. The van der Waals surface area contributed by atoms with Crippen molar-refractivity contribution in [2.45, 2.75) is 19.1 Å². The zero-order valence-electron chi connectivity index (χ0n) is 15.0. The first-order valence-corrected chi connectivity index (χ1v) is 8.95. The molecule has 0 saturated carbocycles. The molecule has 4 rings (SSSR count). The van der Waals surface area contributed by atoms with E-state index >= 15 is 0 Å². The first kappa shape index (κ1) is 17.4. The smallest absolute Gasteiger partial charge is 0.278 e. The SMILES string of the molecule is C[C@@H](C(=O)N1CCO[C@@H](c2ccccc2)C1)n1nnc2ccccc2c1=O. The lowest BCUT2D eigenvalue weighted by Crippen LogP contribution is -2.46. The number of carbonyl (C=O) groups is 1. The number of hydrogen-bond donors (Lipinski definition) is 0. The second-order valence-electron chi connectivity index (χ2n) is 6.59. The van der Waals surface area contributed by atoms with Crippen molar-refractivity contribution in [3.05, 3.63) is 70.5 Å². The highest BCUT2D eigenvalue weighted by Gasteiger charge is 2.30. The Morgan fingerprint density at radius 1 is 1.15 bits per heavy atom. The Morgan fingerprint density at radius 2 is 1.89 bits per heavy atom. The van der Waals surface area contributed by atoms with E-state index in [9.17, 15) is 9.59 Å². The van der Waals surface area contributed by atoms with Gasteiger partial charge in [-0.15, -0.1) is 5.10 Å². The fourth-order valence-corrected chi connectivity index (χ4v) is 3.34. The average molecular weight is 364 g/mol. The number of benzene rings is 2. The van der Waals surface area contributed by atoms with Crippen LogP contribution in [0, 0.1) is 0 Å². The maximum Gasteiger partial charge on any atom is 0.278 e. The lowest BCUT2D eigenvalue weighted by molar-refractivity contribution is -0.142. The molecule has 7 heteroatoms. The number of ether oxygens (including phenoxy) is 1. The molecule has 1 aromatic heterocycles. The molecule has 7 nitrogen and oxygen atoms in total. The maximum atomic E-state index is 13.0. The van der Waals surface area contributed by atoms with E-state index in [0.717, 1.165) is 10.2 Å². The second kappa shape index (κ2) is 7.28. The summed E-state index contributed by atoms with van der Waals surface area (Å²) in [6, 6.07) is 16.1. The van der Waals surface area contributed by atoms with Crippen LogP contribution in [0.3, 0.4) is 0 Å². The minimum absolute atomic E-state index is 0.161. The summed E-state index contributed by atoms with van der Waals surface area (Å²) in [4.78, 5) is 27.4. The van der Waals surface area contributed by atoms with Crippen molar-refractivity contribution < 1.29 is 9.53 Å². The molecule has 0 spiro atoms. The Hall–Kier alpha value is -3.06. The van der Waals surface area contributed by atoms with Crippen LogP contribution in [0.1, 0.15) is 24.6 Å². The summed E-state index contributed by atoms with van der Waals surface area (Å²) >= 11 is 0. The first-order chi connectivity index (χ1) is 13.1. The van der Waals surface area contributed by atoms with Gasteiger partial charge >= 0.3 is 0 Å². The minimum Gasteiger partial charge on any atom is -0.370 e. The van der Waals surface area contributed by atoms with E-state index in [1.54, 1.807) is 36.1 Å². The number of amides is 1. The van der Waals surface area contributed by atoms with E-state index in [2.05, 4.69) is 10.3 Å². The lowest BCUT2D eigenvalue weighted by atomic mass is 10.1. The van der Waals surface area contributed by atoms with Gasteiger partial charge in [-0.2, -0.15) is 4.68 Å². The molecule has 1 aliphatic rings. The number of aromatic nitrogens is 3. The first-order valence-electron chi connectivity index (χ1n) is 8.95. The molecule has 2 aromatic carbocycles. The largest absolute Gasteiger partial charge is 0.370 e. The van der Waals surface area contributed by atoms with Crippen molar-refractivity contribution in [3.63, 3.8) is 0 Å². The normalized spacial score (nSPS) is 18.4. The molecule has 1 fully saturated rings. The van der Waals surface area contributed by atoms with Gasteiger partial charge in [-0.05, 0) is 24.6 Å². The molecule has 0 radical (unpaired) electrons. The molecule has 0 bridgehead atoms. The van der Waals surface area contributed by atoms with Crippen LogP contribution in [0.4, 0.5) is 0 Å². The zero-order valence-corrected chi connectivity index (χ0v) is 15.0. The molecule has 2 heterocycles. The van der Waals surface area contributed by atoms with Crippen LogP contribution < -0.4 is 5.56 Å². The van der Waals surface area contributed by atoms with Gasteiger partial charge in [0.1, 0.15) is 17.7 Å². The summed E-state index contributed by atoms with van der Waals surface area (Å²) < 4.78 is 6.99. The fraction of sp³-hybridized carbons (Fsp3) is 0.300. The Morgan fingerprint density at radius 3 is 2.70 bits per heavy atom. The van der Waals surface area contributed by atoms with Gasteiger partial charge in [-0.1, -0.05) is 47.7 Å². The highest BCUT2D eigenvalue weighted by molar-refractivity contribution is 5.81. The fourth-order valence-electron chi connectivity index (χ4n) is 3.34. The molecular weight excluding hydrogens is 344 g/mol. The molecule has 0 aliphatic carbocycles. The van der Waals surface area contributed by atoms with Crippen molar-refractivity contribution in [3.8, 4) is 0 Å². The standard InChI is InChI=1S/C20H20N4O3/c1-14(24-20(26)16-9-5-6-10-17(16)21-22-24)19(25)23-11-12-27-18(13-23)15-7-3-2-4-8-15/h2-10,14,18H,11-13H2,1H3/t14-,18+/m0/s1. The van der Waals surface area contributed by atoms with Crippen molar-refractivity contribution >= 4 is 16.8 Å². The number of fused-ring (bicyclic) bond motifs is 1. The van der Waals surface area contributed by atoms with Crippen LogP contribution in [-0.2, 0) is 9.53 Å². The maximum absolute atomic E-state index is 13.0. The lowest BCUT2D eigenvalue weighted by Gasteiger charge is -2.34. The summed E-state index contributed by atoms with van der Waals surface area (Å²) in [6.07, 6.45) is -0.171. The topological polar surface area (TPSA) is 77.3 Å². The van der Waals surface area contributed by atoms with Gasteiger partial charge in [0.05, 0.1) is 18.5 Å². The van der Waals surface area contributed by atoms with E-state index in [4.69, 9.17) is 4.74 Å². The molecule has 3 aromatic rings. The van der Waals surface area contributed by atoms with Crippen molar-refractivity contribution in [2.75, 3.05) is 19.7 Å². The monoisotopic (exact) mass is 364 g/mol. The minimum atomic E-state index is -0.732. The second-order valence-corrected chi connectivity index (χ2v) is 6.59. The predicted molar refractivity (Wildman–Crippen MR) is 100 cm³/mol. The van der Waals surface area contributed by atoms with Gasteiger partial charge in [0.15, 0.2) is 0 Å². The van der Waals surface area contributed by atoms with Gasteiger partial charge in [0.2, 0.25) is 5.91 Å². The van der Waals surface area contributed by atoms with Crippen LogP contribution >= 0.6 is 0 Å². The highest BCUT2D eigenvalue weighted by atomic mass is 16.5. The predicted octanol–water partition coefficient (Wildman–Crippen LogP) is 1.95. The molecule has 0 N–H and O–H groups in total. The van der Waals surface area contributed by atoms with Crippen LogP contribution in [0.25, 0.3) is 10.9 Å². The zero-order chi connectivity index (χ0) is 18.8. The molecule has 0 unspecified atom stereocenters. The van der Waals surface area contributed by atoms with E-state index < -0.39 is 6.04 Å². The Kier molecular flexibility index (Phi) is 4.68. The summed E-state index contributed by atoms with van der Waals surface area (Å²) in [5.74, 6) is -0.161. The summed E-state index contributed by atoms with van der Waals surface area (Å²) in [7, 11) is 0. The van der Waals surface area contributed by atoms with Crippen LogP contribution in [0.15, 0.2) is 59.4 Å². The Bertz CT molecular complexity index is 1020. The van der Waals surface area contributed by atoms with Gasteiger partial charge < -0.3 is 9.64 Å². The summed E-state index contributed by atoms with van der Waals surface area (Å²) in [5, 5.41) is 8.50. The van der Waals surface area contributed by atoms with Gasteiger partial charge in [0.25, 0.3) is 5.56 Å². The van der Waals surface area contributed by atoms with Crippen LogP contribution in [-0.4, -0.2) is 45.5 Å². The number of carbonyl (C=O) groups excluding carboxylic acids is 1. The molecule has 138 valence electrons. The third-order valence-corrected chi connectivity index (χ3v) is 4.87. The van der Waals surface area contributed by atoms with E-state index in [-0.39, 0.29) is 17.6 Å². The Balaban J connectivity index is 1.57. The van der Waals surface area contributed by atoms with Crippen molar-refractivity contribution in [1.29, 1.82) is 0 Å². The highest BCUT2D eigenvalue weighted by Crippen LogP contribution is 2.23. The quantitative estimate of drug-likeness (QED) is 0.710. The van der Waals surface area contributed by atoms with Gasteiger partial charge in [-0.3, -0.25) is 9.59 Å². The third kappa shape index (κ3) is 3.33. The van der Waals surface area contributed by atoms with E-state index in [1.165, 1.54) is 0 Å². The van der Waals surface area contributed by atoms with Gasteiger partial charge in [-0.25, -0.2) is 0 Å². The molecule has 1 saturated heterocycles. The Labute approximate surface area is 156 Å². The third-order valence-electron chi connectivity index (χ3n) is 4.87. The summed E-state index contributed by atoms with van der Waals surface area (Å²) in [5.41, 5.74) is 1.24.